The fourth-order valence-corrected chi connectivity index (χ4v) is 3.26. The third-order valence-corrected chi connectivity index (χ3v) is 4.71. The molecule has 1 aliphatic heterocycles. The molecule has 2 heterocycles. The van der Waals surface area contributed by atoms with E-state index in [4.69, 9.17) is 5.11 Å². The number of carbonyl (C=O) groups is 1. The highest BCUT2D eigenvalue weighted by Gasteiger charge is 2.53. The van der Waals surface area contributed by atoms with Gasteiger partial charge in [0.2, 0.25) is 5.01 Å². The van der Waals surface area contributed by atoms with Crippen molar-refractivity contribution in [1.82, 2.24) is 4.98 Å². The van der Waals surface area contributed by atoms with Crippen molar-refractivity contribution in [1.29, 1.82) is 0 Å². The van der Waals surface area contributed by atoms with Crippen molar-refractivity contribution >= 4 is 22.3 Å². The summed E-state index contributed by atoms with van der Waals surface area (Å²) in [5, 5.41) is 9.26. The molecule has 22 heavy (non-hydrogen) atoms. The van der Waals surface area contributed by atoms with E-state index >= 15 is 0 Å². The topological polar surface area (TPSA) is 53.4 Å². The van der Waals surface area contributed by atoms with Crippen molar-refractivity contribution in [2.75, 3.05) is 11.4 Å². The van der Waals surface area contributed by atoms with Crippen LogP contribution in [0, 0.1) is 5.82 Å². The van der Waals surface area contributed by atoms with Crippen LogP contribution < -0.4 is 4.90 Å². The lowest BCUT2D eigenvalue weighted by atomic mass is 10.00. The van der Waals surface area contributed by atoms with E-state index in [1.54, 1.807) is 0 Å². The number of carboxylic acid groups (broad SMARTS) is 1. The summed E-state index contributed by atoms with van der Waals surface area (Å²) in [6, 6.07) is 4.29. The molecule has 4 nitrogen and oxygen atoms in total. The molecule has 0 amide bonds. The lowest BCUT2D eigenvalue weighted by molar-refractivity contribution is -0.0634. The number of benzene rings is 1. The summed E-state index contributed by atoms with van der Waals surface area (Å²) >= 11 is 0.843. The average molecular weight is 328 g/mol. The zero-order valence-electron chi connectivity index (χ0n) is 11.4. The molecular formula is C14H11F3N2O2S. The number of hydrogen-bond donors (Lipinski definition) is 1. The van der Waals surface area contributed by atoms with E-state index in [0.29, 0.717) is 10.6 Å². The number of aromatic nitrogens is 1. The van der Waals surface area contributed by atoms with Crippen LogP contribution in [-0.2, 0) is 0 Å². The van der Waals surface area contributed by atoms with Gasteiger partial charge in [0.05, 0.1) is 12.6 Å². The third-order valence-electron chi connectivity index (χ3n) is 3.63. The summed E-state index contributed by atoms with van der Waals surface area (Å²) in [5.41, 5.74) is 0.771. The number of alkyl halides is 2. The van der Waals surface area contributed by atoms with E-state index < -0.39 is 30.3 Å². The standard InChI is InChI=1S/C14H11F3N2O2S/c1-7-14(16,17)6-19(7)12-10(18-11(22-12)13(20)21)8-2-4-9(15)5-3-8/h2-5,7H,6H2,1H3,(H,20,21)/t7-/m1/s1. The molecule has 1 fully saturated rings. The normalized spacial score (nSPS) is 19.8. The number of carboxylic acids is 1. The fourth-order valence-electron chi connectivity index (χ4n) is 2.25. The molecule has 1 saturated heterocycles. The number of nitrogens with zero attached hydrogens (tertiary/aromatic N) is 2. The first-order valence-electron chi connectivity index (χ1n) is 6.44. The fraction of sp³-hybridized carbons (Fsp3) is 0.286. The maximum atomic E-state index is 13.4. The van der Waals surface area contributed by atoms with Gasteiger partial charge in [-0.3, -0.25) is 0 Å². The van der Waals surface area contributed by atoms with Crippen molar-refractivity contribution in [3.8, 4) is 11.3 Å². The molecule has 3 rings (SSSR count). The highest BCUT2D eigenvalue weighted by atomic mass is 32.1. The second-order valence-corrected chi connectivity index (χ2v) is 6.03. The first-order chi connectivity index (χ1) is 10.3. The Morgan fingerprint density at radius 1 is 1.41 bits per heavy atom. The van der Waals surface area contributed by atoms with Gasteiger partial charge in [-0.1, -0.05) is 11.3 Å². The van der Waals surface area contributed by atoms with Crippen molar-refractivity contribution in [2.24, 2.45) is 0 Å². The predicted molar refractivity (Wildman–Crippen MR) is 76.2 cm³/mol. The molecule has 0 saturated carbocycles. The number of halogens is 3. The molecule has 0 radical (unpaired) electrons. The quantitative estimate of drug-likeness (QED) is 0.937. The summed E-state index contributed by atoms with van der Waals surface area (Å²) in [7, 11) is 0. The zero-order chi connectivity index (χ0) is 16.1. The Kier molecular flexibility index (Phi) is 3.36. The lowest BCUT2D eigenvalue weighted by Crippen LogP contribution is -2.63. The Labute approximate surface area is 127 Å². The number of thiazole rings is 1. The summed E-state index contributed by atoms with van der Waals surface area (Å²) in [6.07, 6.45) is 0. The molecule has 2 aromatic rings. The molecule has 1 atom stereocenters. The number of anilines is 1. The molecular weight excluding hydrogens is 317 g/mol. The third kappa shape index (κ3) is 2.33. The van der Waals surface area contributed by atoms with Crippen LogP contribution >= 0.6 is 11.3 Å². The predicted octanol–water partition coefficient (Wildman–Crippen LogP) is 3.49. The van der Waals surface area contributed by atoms with Crippen LogP contribution in [0.5, 0.6) is 0 Å². The monoisotopic (exact) mass is 328 g/mol. The average Bonchev–Trinajstić information content (AvgIpc) is 2.90. The van der Waals surface area contributed by atoms with Gasteiger partial charge < -0.3 is 10.0 Å². The Morgan fingerprint density at radius 2 is 2.05 bits per heavy atom. The van der Waals surface area contributed by atoms with Crippen LogP contribution in [0.25, 0.3) is 11.3 Å². The largest absolute Gasteiger partial charge is 0.476 e. The van der Waals surface area contributed by atoms with Gasteiger partial charge in [-0.25, -0.2) is 22.9 Å². The minimum absolute atomic E-state index is 0.184. The van der Waals surface area contributed by atoms with Crippen LogP contribution in [0.15, 0.2) is 24.3 Å². The van der Waals surface area contributed by atoms with Crippen LogP contribution in [0.3, 0.4) is 0 Å². The second-order valence-electron chi connectivity index (χ2n) is 5.05. The van der Waals surface area contributed by atoms with Gasteiger partial charge in [-0.15, -0.1) is 0 Å². The number of rotatable bonds is 3. The van der Waals surface area contributed by atoms with Gasteiger partial charge in [-0.05, 0) is 31.2 Å². The molecule has 1 aromatic heterocycles. The zero-order valence-corrected chi connectivity index (χ0v) is 12.2. The molecule has 1 aromatic carbocycles. The van der Waals surface area contributed by atoms with Crippen molar-refractivity contribution in [3.05, 3.63) is 35.1 Å². The molecule has 1 N–H and O–H groups in total. The van der Waals surface area contributed by atoms with Gasteiger partial charge in [0.25, 0.3) is 5.92 Å². The Bertz CT molecular complexity index is 730. The summed E-state index contributed by atoms with van der Waals surface area (Å²) in [5.74, 6) is -4.48. The van der Waals surface area contributed by atoms with Gasteiger partial charge in [0, 0.05) is 5.56 Å². The van der Waals surface area contributed by atoms with Crippen molar-refractivity contribution in [2.45, 2.75) is 18.9 Å². The lowest BCUT2D eigenvalue weighted by Gasteiger charge is -2.46. The second kappa shape index (κ2) is 4.98. The van der Waals surface area contributed by atoms with Crippen LogP contribution in [0.2, 0.25) is 0 Å². The molecule has 0 unspecified atom stereocenters. The van der Waals surface area contributed by atoms with Gasteiger partial charge in [-0.2, -0.15) is 0 Å². The maximum absolute atomic E-state index is 13.4. The first-order valence-corrected chi connectivity index (χ1v) is 7.26. The molecule has 0 aliphatic carbocycles. The minimum atomic E-state index is -2.81. The Morgan fingerprint density at radius 3 is 2.55 bits per heavy atom. The first kappa shape index (κ1) is 14.8. The van der Waals surface area contributed by atoms with E-state index in [2.05, 4.69) is 4.98 Å². The van der Waals surface area contributed by atoms with Crippen molar-refractivity contribution < 1.29 is 23.1 Å². The van der Waals surface area contributed by atoms with Gasteiger partial charge in [0.15, 0.2) is 0 Å². The van der Waals surface area contributed by atoms with E-state index in [-0.39, 0.29) is 10.7 Å². The highest BCUT2D eigenvalue weighted by molar-refractivity contribution is 7.18. The Hall–Kier alpha value is -2.09. The summed E-state index contributed by atoms with van der Waals surface area (Å²) in [6.45, 7) is 0.891. The Balaban J connectivity index is 2.05. The molecule has 116 valence electrons. The number of hydrogen-bond acceptors (Lipinski definition) is 4. The summed E-state index contributed by atoms with van der Waals surface area (Å²) in [4.78, 5) is 16.5. The van der Waals surface area contributed by atoms with E-state index in [1.165, 1.54) is 36.1 Å². The minimum Gasteiger partial charge on any atom is -0.476 e. The van der Waals surface area contributed by atoms with Gasteiger partial charge in [0.1, 0.15) is 16.5 Å². The van der Waals surface area contributed by atoms with Crippen LogP contribution in [0.4, 0.5) is 18.2 Å². The summed E-state index contributed by atoms with van der Waals surface area (Å²) < 4.78 is 39.8. The number of aromatic carboxylic acids is 1. The van der Waals surface area contributed by atoms with Crippen molar-refractivity contribution in [3.63, 3.8) is 0 Å². The van der Waals surface area contributed by atoms with E-state index in [0.717, 1.165) is 11.3 Å². The molecule has 1 aliphatic rings. The SMILES string of the molecule is C[C@H]1N(c2sc(C(=O)O)nc2-c2ccc(F)cc2)CC1(F)F. The van der Waals surface area contributed by atoms with Crippen LogP contribution in [-0.4, -0.2) is 34.6 Å². The molecule has 0 spiro atoms. The highest BCUT2D eigenvalue weighted by Crippen LogP contribution is 2.45. The van der Waals surface area contributed by atoms with Gasteiger partial charge >= 0.3 is 5.97 Å². The van der Waals surface area contributed by atoms with Crippen LogP contribution in [0.1, 0.15) is 16.7 Å². The maximum Gasteiger partial charge on any atom is 0.365 e. The van der Waals surface area contributed by atoms with E-state index in [1.807, 2.05) is 0 Å². The smallest absolute Gasteiger partial charge is 0.365 e. The molecule has 0 bridgehead atoms. The molecule has 8 heteroatoms. The van der Waals surface area contributed by atoms with E-state index in [9.17, 15) is 18.0 Å².